The molecule has 13 nitrogen and oxygen atoms in total. The fourth-order valence-electron chi connectivity index (χ4n) is 12.1. The third kappa shape index (κ3) is 9.03. The van der Waals surface area contributed by atoms with Gasteiger partial charge < -0.3 is 30.9 Å². The summed E-state index contributed by atoms with van der Waals surface area (Å²) in [6, 6.07) is 13.1. The molecule has 1 aromatic heterocycles. The number of fused-ring (bicyclic) bond motifs is 3. The Morgan fingerprint density at radius 2 is 1.74 bits per heavy atom. The third-order valence-corrected chi connectivity index (χ3v) is 16.2. The summed E-state index contributed by atoms with van der Waals surface area (Å²) in [6.45, 7) is 10.3. The summed E-state index contributed by atoms with van der Waals surface area (Å²) in [5.41, 5.74) is -0.811. The van der Waals surface area contributed by atoms with Gasteiger partial charge in [0.15, 0.2) is 0 Å². The number of amides is 5. The maximum atomic E-state index is 16.4. The number of pyridine rings is 1. The summed E-state index contributed by atoms with van der Waals surface area (Å²) < 4.78 is 58.3. The minimum absolute atomic E-state index is 0.0595. The van der Waals surface area contributed by atoms with Gasteiger partial charge in [-0.25, -0.2) is 4.39 Å². The van der Waals surface area contributed by atoms with Crippen molar-refractivity contribution < 1.29 is 46.6 Å². The fraction of sp³-hybridized carbons (Fsp3) is 0.455. The van der Waals surface area contributed by atoms with Crippen LogP contribution < -0.4 is 21.3 Å². The van der Waals surface area contributed by atoms with Crippen LogP contribution in [0.5, 0.6) is 0 Å². The number of hydrogen-bond donors (Lipinski definition) is 5. The summed E-state index contributed by atoms with van der Waals surface area (Å²) in [5, 5.41) is 23.3. The van der Waals surface area contributed by atoms with Crippen LogP contribution in [0.4, 0.5) is 28.9 Å². The lowest BCUT2D eigenvalue weighted by Gasteiger charge is -2.39. The number of likely N-dealkylation sites (tertiary alicyclic amines) is 1. The van der Waals surface area contributed by atoms with E-state index in [-0.39, 0.29) is 87.9 Å². The smallest absolute Gasteiger partial charge is 0.386 e. The Morgan fingerprint density at radius 1 is 1.00 bits per heavy atom. The minimum Gasteiger partial charge on any atom is -0.386 e. The van der Waals surface area contributed by atoms with E-state index in [1.165, 1.54) is 37.1 Å². The highest BCUT2D eigenvalue weighted by Gasteiger charge is 2.62. The van der Waals surface area contributed by atoms with Gasteiger partial charge in [-0.15, -0.1) is 0 Å². The van der Waals surface area contributed by atoms with Gasteiger partial charge in [0.25, 0.3) is 11.8 Å². The number of imide groups is 1. The van der Waals surface area contributed by atoms with Crippen LogP contribution in [0.15, 0.2) is 66.9 Å². The van der Waals surface area contributed by atoms with Crippen LogP contribution in [0.3, 0.4) is 0 Å². The molecule has 4 fully saturated rings. The molecule has 10 rings (SSSR count). The molecule has 1 saturated carbocycles. The Balaban J connectivity index is 0.865. The fourth-order valence-corrected chi connectivity index (χ4v) is 12.3. The van der Waals surface area contributed by atoms with Gasteiger partial charge in [-0.2, -0.15) is 13.2 Å². The first-order chi connectivity index (χ1) is 34.4. The van der Waals surface area contributed by atoms with E-state index in [9.17, 15) is 42.3 Å². The zero-order valence-corrected chi connectivity index (χ0v) is 41.8. The largest absolute Gasteiger partial charge is 0.433 e. The molecule has 6 aliphatic rings. The first-order valence-electron chi connectivity index (χ1n) is 24.7. The number of piperidine rings is 2. The predicted octanol–water partition coefficient (Wildman–Crippen LogP) is 8.04. The highest BCUT2D eigenvalue weighted by Crippen LogP contribution is 2.60. The molecule has 3 aromatic carbocycles. The average Bonchev–Trinajstić information content (AvgIpc) is 3.53. The van der Waals surface area contributed by atoms with Crippen LogP contribution in [0.1, 0.15) is 133 Å². The summed E-state index contributed by atoms with van der Waals surface area (Å²) in [4.78, 5) is 74.0. The second-order valence-electron chi connectivity index (χ2n) is 22.3. The highest BCUT2D eigenvalue weighted by molar-refractivity contribution is 6.30. The van der Waals surface area contributed by atoms with E-state index in [0.29, 0.717) is 36.2 Å². The number of carbonyl (C=O) groups excluding carboxylic acids is 5. The lowest BCUT2D eigenvalue weighted by atomic mass is 9.63. The van der Waals surface area contributed by atoms with Gasteiger partial charge in [-0.3, -0.25) is 34.3 Å². The second kappa shape index (κ2) is 17.9. The van der Waals surface area contributed by atoms with Crippen molar-refractivity contribution in [3.8, 4) is 11.8 Å². The topological polar surface area (TPSA) is 173 Å². The first kappa shape index (κ1) is 50.2. The van der Waals surface area contributed by atoms with Gasteiger partial charge in [-0.1, -0.05) is 62.4 Å². The normalized spacial score (nSPS) is 25.2. The average molecular weight is 1020 g/mol. The van der Waals surface area contributed by atoms with Crippen LogP contribution in [-0.2, 0) is 38.1 Å². The molecular formula is C55H56ClF4N7O6. The number of nitrogens with zero attached hydrogens (tertiary/aromatic N) is 3. The van der Waals surface area contributed by atoms with Crippen LogP contribution in [0.2, 0.25) is 5.02 Å². The van der Waals surface area contributed by atoms with E-state index < -0.39 is 64.6 Å². The van der Waals surface area contributed by atoms with Crippen molar-refractivity contribution in [1.82, 2.24) is 25.4 Å². The molecule has 5 aliphatic heterocycles. The molecule has 5 N–H and O–H groups in total. The molecule has 2 spiro atoms. The van der Waals surface area contributed by atoms with Gasteiger partial charge >= 0.3 is 6.18 Å². The molecule has 18 heteroatoms. The van der Waals surface area contributed by atoms with Crippen molar-refractivity contribution in [2.75, 3.05) is 30.3 Å². The van der Waals surface area contributed by atoms with Crippen LogP contribution in [-0.4, -0.2) is 87.2 Å². The Labute approximate surface area is 425 Å². The van der Waals surface area contributed by atoms with Gasteiger partial charge in [0, 0.05) is 101 Å². The van der Waals surface area contributed by atoms with E-state index in [1.54, 1.807) is 41.3 Å². The van der Waals surface area contributed by atoms with Gasteiger partial charge in [0.1, 0.15) is 17.6 Å². The lowest BCUT2D eigenvalue weighted by molar-refractivity contribution is -0.141. The molecule has 0 radical (unpaired) electrons. The number of benzene rings is 3. The number of halogens is 5. The summed E-state index contributed by atoms with van der Waals surface area (Å²) in [5.74, 6) is 3.16. The van der Waals surface area contributed by atoms with E-state index in [1.807, 2.05) is 26.8 Å². The SMILES string of the molecule is CC(C)(C)C[C@@H]1N[C@@H](C(=O)Nc2ccc(C(=O)N3CCC4(CC3)C[C@@H]4C#Cc3cccc4c3CN(C3CCC(=O)NC3=O)C4=O)cc2C(C)(C)O)[C@H](c2cccc(Cl)c2F)[C@]12CNc1cc(C(F)(F)F)ncc12. The monoisotopic (exact) mass is 1020 g/mol. The Kier molecular flexibility index (Phi) is 12.3. The second-order valence-corrected chi connectivity index (χ2v) is 22.7. The third-order valence-electron chi connectivity index (χ3n) is 16.0. The number of anilines is 2. The quantitative estimate of drug-likeness (QED) is 0.0698. The zero-order chi connectivity index (χ0) is 52.2. The van der Waals surface area contributed by atoms with E-state index >= 15 is 4.39 Å². The predicted molar refractivity (Wildman–Crippen MR) is 264 cm³/mol. The molecular weight excluding hydrogens is 966 g/mol. The number of alkyl halides is 3. The standard InChI is InChI=1S/C55H56ClF4N7O6/c1-51(2,3)25-42-54(28-62-39-23-41(55(58,59)60)61-26-36(39)54)44(33-10-7-11-37(56)45(33)57)46(64-42)48(70)63-38-15-13-30(22-35(38)52(4,5)73)49(71)66-20-18-53(19-21-66)24-31(53)14-12-29-8-6-9-32-34(29)27-67(50(32)72)40-16-17-43(68)65-47(40)69/h6-11,13,15,22-23,26,31,40,42,44,46,62,64,73H,16-21,24-25,27-28H2,1-5H3,(H,63,70)(H,65,68,69)/t31-,40?,42-,44-,46+,54-/m0/s1. The van der Waals surface area contributed by atoms with Crippen molar-refractivity contribution >= 4 is 52.5 Å². The number of hydrogen-bond acceptors (Lipinski definition) is 9. The number of carbonyl (C=O) groups is 5. The molecule has 5 amide bonds. The Bertz CT molecular complexity index is 3060. The van der Waals surface area contributed by atoms with Crippen molar-refractivity contribution in [3.05, 3.63) is 122 Å². The number of aliphatic hydroxyl groups is 1. The number of aromatic nitrogens is 1. The summed E-state index contributed by atoms with van der Waals surface area (Å²) in [6.07, 6.45) is -0.362. The van der Waals surface area contributed by atoms with Crippen LogP contribution >= 0.6 is 11.6 Å². The van der Waals surface area contributed by atoms with Crippen molar-refractivity contribution in [2.24, 2.45) is 16.7 Å². The first-order valence-corrected chi connectivity index (χ1v) is 25.0. The zero-order valence-electron chi connectivity index (χ0n) is 41.0. The van der Waals surface area contributed by atoms with E-state index in [2.05, 4.69) is 38.1 Å². The van der Waals surface area contributed by atoms with E-state index in [0.717, 1.165) is 36.5 Å². The van der Waals surface area contributed by atoms with Crippen molar-refractivity contribution in [2.45, 2.75) is 121 Å². The molecule has 382 valence electrons. The molecule has 1 aliphatic carbocycles. The van der Waals surface area contributed by atoms with Crippen molar-refractivity contribution in [1.29, 1.82) is 0 Å². The molecule has 4 aromatic rings. The molecule has 1 unspecified atom stereocenters. The molecule has 73 heavy (non-hydrogen) atoms. The Hall–Kier alpha value is -6.35. The van der Waals surface area contributed by atoms with Crippen LogP contribution in [0, 0.1) is 34.4 Å². The molecule has 6 heterocycles. The maximum absolute atomic E-state index is 16.4. The minimum atomic E-state index is -4.72. The maximum Gasteiger partial charge on any atom is 0.433 e. The van der Waals surface area contributed by atoms with Gasteiger partial charge in [-0.05, 0) is 110 Å². The molecule has 0 bridgehead atoms. The van der Waals surface area contributed by atoms with Crippen LogP contribution in [0.25, 0.3) is 0 Å². The van der Waals surface area contributed by atoms with Gasteiger partial charge in [0.2, 0.25) is 17.7 Å². The van der Waals surface area contributed by atoms with E-state index in [4.69, 9.17) is 11.6 Å². The lowest BCUT2D eigenvalue weighted by Crippen LogP contribution is -2.52. The number of nitrogens with one attached hydrogen (secondary N) is 4. The number of rotatable bonds is 7. The summed E-state index contributed by atoms with van der Waals surface area (Å²) in [7, 11) is 0. The molecule has 3 saturated heterocycles. The summed E-state index contributed by atoms with van der Waals surface area (Å²) >= 11 is 6.39. The van der Waals surface area contributed by atoms with Crippen molar-refractivity contribution in [3.63, 3.8) is 0 Å². The Morgan fingerprint density at radius 3 is 2.44 bits per heavy atom. The molecule has 6 atom stereocenters. The van der Waals surface area contributed by atoms with Gasteiger partial charge in [0.05, 0.1) is 16.7 Å². The highest BCUT2D eigenvalue weighted by atomic mass is 35.5.